The SMILES string of the molecule is Cc1ccc(-c2nc3c(C(=O)O)cc(F)cc3[nH]2)s1. The number of rotatable bonds is 2. The van der Waals surface area contributed by atoms with E-state index in [2.05, 4.69) is 9.97 Å². The maximum Gasteiger partial charge on any atom is 0.338 e. The second-order valence-corrected chi connectivity index (χ2v) is 5.44. The lowest BCUT2D eigenvalue weighted by molar-refractivity contribution is 0.0698. The molecule has 1 aromatic carbocycles. The van der Waals surface area contributed by atoms with Crippen molar-refractivity contribution in [2.45, 2.75) is 6.92 Å². The molecule has 0 radical (unpaired) electrons. The number of hydrogen-bond donors (Lipinski definition) is 2. The molecule has 0 bridgehead atoms. The first kappa shape index (κ1) is 11.9. The zero-order valence-electron chi connectivity index (χ0n) is 9.90. The van der Waals surface area contributed by atoms with E-state index in [0.29, 0.717) is 11.3 Å². The van der Waals surface area contributed by atoms with Crippen LogP contribution in [0.4, 0.5) is 4.39 Å². The summed E-state index contributed by atoms with van der Waals surface area (Å²) in [6.45, 7) is 1.97. The zero-order chi connectivity index (χ0) is 13.6. The van der Waals surface area contributed by atoms with E-state index in [-0.39, 0.29) is 11.1 Å². The number of carboxylic acid groups (broad SMARTS) is 1. The van der Waals surface area contributed by atoms with Crippen LogP contribution in [0.1, 0.15) is 15.2 Å². The molecule has 3 aromatic rings. The summed E-state index contributed by atoms with van der Waals surface area (Å²) in [4.78, 5) is 20.3. The number of aromatic amines is 1. The van der Waals surface area contributed by atoms with Crippen molar-refractivity contribution in [2.24, 2.45) is 0 Å². The van der Waals surface area contributed by atoms with Gasteiger partial charge in [0.2, 0.25) is 0 Å². The minimum Gasteiger partial charge on any atom is -0.478 e. The molecule has 2 N–H and O–H groups in total. The highest BCUT2D eigenvalue weighted by Gasteiger charge is 2.16. The number of thiophene rings is 1. The minimum absolute atomic E-state index is 0.134. The fraction of sp³-hybridized carbons (Fsp3) is 0.0769. The van der Waals surface area contributed by atoms with Gasteiger partial charge >= 0.3 is 5.97 Å². The molecule has 0 aliphatic carbocycles. The highest BCUT2D eigenvalue weighted by Crippen LogP contribution is 2.28. The third kappa shape index (κ3) is 2.00. The Morgan fingerprint density at radius 1 is 1.42 bits per heavy atom. The molecule has 0 aliphatic rings. The van der Waals surface area contributed by atoms with Gasteiger partial charge in [-0.15, -0.1) is 11.3 Å². The van der Waals surface area contributed by atoms with Crippen molar-refractivity contribution in [1.82, 2.24) is 9.97 Å². The third-order valence-electron chi connectivity index (χ3n) is 2.76. The van der Waals surface area contributed by atoms with Crippen LogP contribution in [0.3, 0.4) is 0 Å². The smallest absolute Gasteiger partial charge is 0.338 e. The number of fused-ring (bicyclic) bond motifs is 1. The van der Waals surface area contributed by atoms with Crippen molar-refractivity contribution in [3.63, 3.8) is 0 Å². The average Bonchev–Trinajstić information content (AvgIpc) is 2.93. The summed E-state index contributed by atoms with van der Waals surface area (Å²) in [6, 6.07) is 6.08. The van der Waals surface area contributed by atoms with Crippen LogP contribution in [0.25, 0.3) is 21.7 Å². The van der Waals surface area contributed by atoms with Crippen molar-refractivity contribution in [1.29, 1.82) is 0 Å². The second kappa shape index (κ2) is 4.17. The summed E-state index contributed by atoms with van der Waals surface area (Å²) in [6.07, 6.45) is 0. The summed E-state index contributed by atoms with van der Waals surface area (Å²) in [7, 11) is 0. The first-order valence-corrected chi connectivity index (χ1v) is 6.35. The molecular weight excluding hydrogens is 267 g/mol. The molecule has 0 saturated heterocycles. The number of H-pyrrole nitrogens is 1. The molecule has 19 heavy (non-hydrogen) atoms. The Balaban J connectivity index is 2.25. The van der Waals surface area contributed by atoms with Gasteiger partial charge in [0.25, 0.3) is 0 Å². The topological polar surface area (TPSA) is 66.0 Å². The molecule has 4 nitrogen and oxygen atoms in total. The Kier molecular flexibility index (Phi) is 2.60. The lowest BCUT2D eigenvalue weighted by Gasteiger charge is -1.95. The van der Waals surface area contributed by atoms with Gasteiger partial charge in [-0.2, -0.15) is 0 Å². The Labute approximate surface area is 111 Å². The Morgan fingerprint density at radius 2 is 2.21 bits per heavy atom. The van der Waals surface area contributed by atoms with E-state index in [1.54, 1.807) is 0 Å². The van der Waals surface area contributed by atoms with Gasteiger partial charge in [-0.3, -0.25) is 0 Å². The molecule has 2 heterocycles. The summed E-state index contributed by atoms with van der Waals surface area (Å²) in [5.41, 5.74) is 0.527. The van der Waals surface area contributed by atoms with Crippen LogP contribution in [0.2, 0.25) is 0 Å². The van der Waals surface area contributed by atoms with Gasteiger partial charge in [0.05, 0.1) is 16.0 Å². The zero-order valence-corrected chi connectivity index (χ0v) is 10.7. The lowest BCUT2D eigenvalue weighted by atomic mass is 10.2. The predicted molar refractivity (Wildman–Crippen MR) is 71.1 cm³/mol. The van der Waals surface area contributed by atoms with E-state index < -0.39 is 11.8 Å². The predicted octanol–water partition coefficient (Wildman–Crippen LogP) is 3.44. The Hall–Kier alpha value is -2.21. The fourth-order valence-corrected chi connectivity index (χ4v) is 2.74. The standard InChI is InChI=1S/C13H9FN2O2S/c1-6-2-3-10(19-6)12-15-9-5-7(14)4-8(13(17)18)11(9)16-12/h2-5H,1H3,(H,15,16)(H,17,18). The number of aromatic nitrogens is 2. The number of nitrogens with one attached hydrogen (secondary N) is 1. The van der Waals surface area contributed by atoms with E-state index in [1.165, 1.54) is 17.4 Å². The van der Waals surface area contributed by atoms with Gasteiger partial charge in [0, 0.05) is 4.88 Å². The number of carbonyl (C=O) groups is 1. The maximum absolute atomic E-state index is 13.4. The van der Waals surface area contributed by atoms with Crippen molar-refractivity contribution in [3.8, 4) is 10.7 Å². The molecule has 2 aromatic heterocycles. The van der Waals surface area contributed by atoms with E-state index >= 15 is 0 Å². The van der Waals surface area contributed by atoms with E-state index in [9.17, 15) is 9.18 Å². The molecule has 0 atom stereocenters. The van der Waals surface area contributed by atoms with Gasteiger partial charge in [0.15, 0.2) is 0 Å². The normalized spacial score (nSPS) is 11.1. The number of benzene rings is 1. The van der Waals surface area contributed by atoms with E-state index in [0.717, 1.165) is 15.8 Å². The van der Waals surface area contributed by atoms with Gasteiger partial charge < -0.3 is 10.1 Å². The number of nitrogens with zero attached hydrogens (tertiary/aromatic N) is 1. The van der Waals surface area contributed by atoms with Gasteiger partial charge in [-0.05, 0) is 31.2 Å². The van der Waals surface area contributed by atoms with Crippen molar-refractivity contribution in [3.05, 3.63) is 40.5 Å². The quantitative estimate of drug-likeness (QED) is 0.753. The molecule has 3 rings (SSSR count). The Morgan fingerprint density at radius 3 is 2.84 bits per heavy atom. The van der Waals surface area contributed by atoms with Crippen LogP contribution in [0, 0.1) is 12.7 Å². The molecule has 0 aliphatic heterocycles. The number of imidazole rings is 1. The second-order valence-electron chi connectivity index (χ2n) is 4.15. The number of halogens is 1. The van der Waals surface area contributed by atoms with Crippen LogP contribution in [-0.2, 0) is 0 Å². The molecular formula is C13H9FN2O2S. The molecule has 0 fully saturated rings. The molecule has 6 heteroatoms. The first-order valence-electron chi connectivity index (χ1n) is 5.54. The van der Waals surface area contributed by atoms with Crippen LogP contribution in [0.5, 0.6) is 0 Å². The highest BCUT2D eigenvalue weighted by molar-refractivity contribution is 7.15. The van der Waals surface area contributed by atoms with Gasteiger partial charge in [-0.25, -0.2) is 14.2 Å². The van der Waals surface area contributed by atoms with Crippen LogP contribution in [0.15, 0.2) is 24.3 Å². The number of aryl methyl sites for hydroxylation is 1. The number of hydrogen-bond acceptors (Lipinski definition) is 3. The molecule has 0 unspecified atom stereocenters. The molecule has 96 valence electrons. The number of carboxylic acids is 1. The van der Waals surface area contributed by atoms with Crippen molar-refractivity contribution >= 4 is 28.3 Å². The summed E-state index contributed by atoms with van der Waals surface area (Å²) < 4.78 is 13.4. The first-order chi connectivity index (χ1) is 9.04. The number of aromatic carboxylic acids is 1. The third-order valence-corrected chi connectivity index (χ3v) is 3.76. The summed E-state index contributed by atoms with van der Waals surface area (Å²) >= 11 is 1.54. The lowest BCUT2D eigenvalue weighted by Crippen LogP contribution is -1.98. The van der Waals surface area contributed by atoms with Gasteiger partial charge in [0.1, 0.15) is 17.2 Å². The summed E-state index contributed by atoms with van der Waals surface area (Å²) in [5.74, 6) is -1.23. The van der Waals surface area contributed by atoms with E-state index in [4.69, 9.17) is 5.11 Å². The average molecular weight is 276 g/mol. The fourth-order valence-electron chi connectivity index (χ4n) is 1.92. The van der Waals surface area contributed by atoms with Crippen LogP contribution in [-0.4, -0.2) is 21.0 Å². The minimum atomic E-state index is -1.19. The maximum atomic E-state index is 13.4. The summed E-state index contributed by atoms with van der Waals surface area (Å²) in [5, 5.41) is 9.07. The molecule has 0 spiro atoms. The monoisotopic (exact) mass is 276 g/mol. The van der Waals surface area contributed by atoms with Crippen LogP contribution < -0.4 is 0 Å². The van der Waals surface area contributed by atoms with Gasteiger partial charge in [-0.1, -0.05) is 0 Å². The van der Waals surface area contributed by atoms with Crippen LogP contribution >= 0.6 is 11.3 Å². The van der Waals surface area contributed by atoms with Crippen molar-refractivity contribution in [2.75, 3.05) is 0 Å². The van der Waals surface area contributed by atoms with E-state index in [1.807, 2.05) is 19.1 Å². The largest absolute Gasteiger partial charge is 0.478 e. The van der Waals surface area contributed by atoms with Crippen molar-refractivity contribution < 1.29 is 14.3 Å². The Bertz CT molecular complexity index is 791. The molecule has 0 saturated carbocycles. The molecule has 0 amide bonds. The highest BCUT2D eigenvalue weighted by atomic mass is 32.1.